The van der Waals surface area contributed by atoms with Gasteiger partial charge in [-0.05, 0) is 29.8 Å². The lowest BCUT2D eigenvalue weighted by Crippen LogP contribution is -2.28. The van der Waals surface area contributed by atoms with Gasteiger partial charge in [0.2, 0.25) is 11.8 Å². The minimum absolute atomic E-state index is 0.0751. The number of ether oxygens (including phenoxy) is 2. The van der Waals surface area contributed by atoms with Crippen LogP contribution in [0.1, 0.15) is 12.0 Å². The largest absolute Gasteiger partial charge is 0.486 e. The van der Waals surface area contributed by atoms with E-state index in [2.05, 4.69) is 10.2 Å². The summed E-state index contributed by atoms with van der Waals surface area (Å²) in [5.41, 5.74) is 6.25. The number of benzene rings is 1. The van der Waals surface area contributed by atoms with E-state index >= 15 is 0 Å². The number of nitrogens with zero attached hydrogens (tertiary/aromatic N) is 4. The zero-order chi connectivity index (χ0) is 22.5. The fraction of sp³-hybridized carbons (Fsp3) is 0.333. The van der Waals surface area contributed by atoms with Crippen molar-refractivity contribution in [3.63, 3.8) is 0 Å². The Balaban J connectivity index is 1.40. The van der Waals surface area contributed by atoms with E-state index in [0.29, 0.717) is 54.5 Å². The summed E-state index contributed by atoms with van der Waals surface area (Å²) in [5.74, 6) is 2.06. The summed E-state index contributed by atoms with van der Waals surface area (Å²) in [5, 5.41) is 8.85. The number of primary amides is 1. The fourth-order valence-electron chi connectivity index (χ4n) is 3.19. The summed E-state index contributed by atoms with van der Waals surface area (Å²) in [6.45, 7) is 1.77. The highest BCUT2D eigenvalue weighted by Crippen LogP contribution is 2.31. The maximum Gasteiger partial charge on any atom is 0.233 e. The minimum atomic E-state index is -0.435. The molecule has 1 aromatic carbocycles. The lowest BCUT2D eigenvalue weighted by atomic mass is 10.2. The molecule has 4 rings (SSSR count). The molecule has 2 N–H and O–H groups in total. The molecule has 0 fully saturated rings. The Morgan fingerprint density at radius 1 is 1.19 bits per heavy atom. The van der Waals surface area contributed by atoms with E-state index in [1.807, 2.05) is 18.2 Å². The van der Waals surface area contributed by atoms with Gasteiger partial charge in [0.25, 0.3) is 0 Å². The topological polar surface area (TPSA) is 126 Å². The molecule has 2 aromatic heterocycles. The van der Waals surface area contributed by atoms with E-state index in [1.165, 1.54) is 18.0 Å². The number of fused-ring (bicyclic) bond motifs is 1. The molecule has 11 heteroatoms. The summed E-state index contributed by atoms with van der Waals surface area (Å²) in [7, 11) is 1.74. The molecule has 3 aromatic rings. The average molecular weight is 458 g/mol. The van der Waals surface area contributed by atoms with Gasteiger partial charge >= 0.3 is 0 Å². The van der Waals surface area contributed by atoms with E-state index in [0.717, 1.165) is 5.56 Å². The number of carbonyl (C=O) groups excluding carboxylic acids is 2. The molecule has 0 radical (unpaired) electrons. The predicted molar refractivity (Wildman–Crippen MR) is 116 cm³/mol. The molecule has 1 aliphatic rings. The van der Waals surface area contributed by atoms with Crippen LogP contribution in [-0.4, -0.2) is 57.5 Å². The van der Waals surface area contributed by atoms with Crippen LogP contribution in [0, 0.1) is 0 Å². The molecule has 0 unspecified atom stereocenters. The first-order valence-corrected chi connectivity index (χ1v) is 11.0. The second-order valence-electron chi connectivity index (χ2n) is 7.17. The summed E-state index contributed by atoms with van der Waals surface area (Å²) in [4.78, 5) is 25.6. The van der Waals surface area contributed by atoms with E-state index in [-0.39, 0.29) is 18.1 Å². The molecule has 3 heterocycles. The molecule has 2 amide bonds. The first-order chi connectivity index (χ1) is 15.5. The molecule has 32 heavy (non-hydrogen) atoms. The summed E-state index contributed by atoms with van der Waals surface area (Å²) < 4.78 is 18.3. The molecule has 0 saturated heterocycles. The molecule has 0 atom stereocenters. The zero-order valence-corrected chi connectivity index (χ0v) is 18.3. The van der Waals surface area contributed by atoms with Crippen molar-refractivity contribution in [3.05, 3.63) is 42.2 Å². The smallest absolute Gasteiger partial charge is 0.233 e. The molecular formula is C21H23N5O5S. The molecule has 0 aliphatic carbocycles. The molecule has 168 valence electrons. The van der Waals surface area contributed by atoms with Gasteiger partial charge in [-0.25, -0.2) is 0 Å². The van der Waals surface area contributed by atoms with Crippen molar-refractivity contribution in [2.75, 3.05) is 26.0 Å². The Morgan fingerprint density at radius 2 is 2.00 bits per heavy atom. The number of furan rings is 1. The Labute approximate surface area is 188 Å². The molecule has 0 spiro atoms. The maximum absolute atomic E-state index is 12.7. The minimum Gasteiger partial charge on any atom is -0.486 e. The maximum atomic E-state index is 12.7. The highest BCUT2D eigenvalue weighted by Gasteiger charge is 2.19. The Morgan fingerprint density at radius 3 is 2.75 bits per heavy atom. The van der Waals surface area contributed by atoms with Crippen molar-refractivity contribution in [3.8, 4) is 23.1 Å². The van der Waals surface area contributed by atoms with Crippen LogP contribution in [0.25, 0.3) is 11.6 Å². The second-order valence-corrected chi connectivity index (χ2v) is 8.11. The third kappa shape index (κ3) is 5.05. The summed E-state index contributed by atoms with van der Waals surface area (Å²) >= 11 is 1.25. The van der Waals surface area contributed by atoms with Crippen LogP contribution >= 0.6 is 11.8 Å². The van der Waals surface area contributed by atoms with Crippen molar-refractivity contribution in [2.24, 2.45) is 5.73 Å². The zero-order valence-electron chi connectivity index (χ0n) is 17.5. The van der Waals surface area contributed by atoms with E-state index in [1.54, 1.807) is 28.6 Å². The van der Waals surface area contributed by atoms with Crippen molar-refractivity contribution in [2.45, 2.75) is 24.7 Å². The van der Waals surface area contributed by atoms with Crippen molar-refractivity contribution < 1.29 is 23.5 Å². The van der Waals surface area contributed by atoms with Gasteiger partial charge in [-0.2, -0.15) is 0 Å². The molecule has 10 nitrogen and oxygen atoms in total. The lowest BCUT2D eigenvalue weighted by Gasteiger charge is -2.21. The van der Waals surface area contributed by atoms with Crippen LogP contribution < -0.4 is 15.2 Å². The molecule has 1 aliphatic heterocycles. The predicted octanol–water partition coefficient (Wildman–Crippen LogP) is 1.94. The van der Waals surface area contributed by atoms with Gasteiger partial charge in [-0.15, -0.1) is 10.2 Å². The average Bonchev–Trinajstić information content (AvgIpc) is 3.45. The quantitative estimate of drug-likeness (QED) is 0.483. The first-order valence-electron chi connectivity index (χ1n) is 10.0. The van der Waals surface area contributed by atoms with Crippen LogP contribution in [0.5, 0.6) is 11.5 Å². The number of hydrogen-bond donors (Lipinski definition) is 1. The Hall–Kier alpha value is -3.47. The fourth-order valence-corrected chi connectivity index (χ4v) is 4.10. The van der Waals surface area contributed by atoms with Crippen molar-refractivity contribution in [1.82, 2.24) is 19.7 Å². The number of nitrogens with two attached hydrogens (primary N) is 1. The van der Waals surface area contributed by atoms with Gasteiger partial charge in [0, 0.05) is 26.6 Å². The Bertz CT molecular complexity index is 1100. The van der Waals surface area contributed by atoms with Crippen LogP contribution in [0.2, 0.25) is 0 Å². The number of amides is 2. The van der Waals surface area contributed by atoms with Gasteiger partial charge in [0.05, 0.1) is 12.0 Å². The summed E-state index contributed by atoms with van der Waals surface area (Å²) in [6.07, 6.45) is 1.66. The molecular weight excluding hydrogens is 434 g/mol. The van der Waals surface area contributed by atoms with Gasteiger partial charge in [-0.3, -0.25) is 14.2 Å². The van der Waals surface area contributed by atoms with E-state index in [9.17, 15) is 9.59 Å². The van der Waals surface area contributed by atoms with Crippen molar-refractivity contribution in [1.29, 1.82) is 0 Å². The van der Waals surface area contributed by atoms with Gasteiger partial charge < -0.3 is 24.5 Å². The second kappa shape index (κ2) is 9.77. The standard InChI is InChI=1S/C21H23N5O5S/c1-25(12-14-4-5-15-17(11-14)31-10-9-30-15)19(28)13-32-21-24-23-20(16-3-2-8-29-16)26(21)7-6-18(22)27/h2-5,8,11H,6-7,9-10,12-13H2,1H3,(H2,22,27). The van der Waals surface area contributed by atoms with Crippen molar-refractivity contribution >= 4 is 23.6 Å². The van der Waals surface area contributed by atoms with E-state index in [4.69, 9.17) is 19.6 Å². The molecule has 0 bridgehead atoms. The summed E-state index contributed by atoms with van der Waals surface area (Å²) in [6, 6.07) is 9.16. The SMILES string of the molecule is CN(Cc1ccc2c(c1)OCCO2)C(=O)CSc1nnc(-c2ccco2)n1CCC(N)=O. The lowest BCUT2D eigenvalue weighted by molar-refractivity contribution is -0.127. The highest BCUT2D eigenvalue weighted by atomic mass is 32.2. The highest BCUT2D eigenvalue weighted by molar-refractivity contribution is 7.99. The third-order valence-electron chi connectivity index (χ3n) is 4.82. The van der Waals surface area contributed by atoms with Crippen LogP contribution in [0.15, 0.2) is 46.2 Å². The Kier molecular flexibility index (Phi) is 6.64. The number of carbonyl (C=O) groups is 2. The third-order valence-corrected chi connectivity index (χ3v) is 5.77. The monoisotopic (exact) mass is 457 g/mol. The van der Waals surface area contributed by atoms with E-state index < -0.39 is 5.91 Å². The molecule has 0 saturated carbocycles. The van der Waals surface area contributed by atoms with Crippen LogP contribution in [-0.2, 0) is 22.7 Å². The first kappa shape index (κ1) is 21.8. The van der Waals surface area contributed by atoms with Gasteiger partial charge in [0.1, 0.15) is 13.2 Å². The van der Waals surface area contributed by atoms with Gasteiger partial charge in [0.15, 0.2) is 28.2 Å². The van der Waals surface area contributed by atoms with Crippen LogP contribution in [0.3, 0.4) is 0 Å². The van der Waals surface area contributed by atoms with Crippen LogP contribution in [0.4, 0.5) is 0 Å². The number of aromatic nitrogens is 3. The van der Waals surface area contributed by atoms with Gasteiger partial charge in [-0.1, -0.05) is 17.8 Å². The number of rotatable bonds is 9. The normalized spacial score (nSPS) is 12.5. The number of hydrogen-bond acceptors (Lipinski definition) is 8. The number of thioether (sulfide) groups is 1.